The van der Waals surface area contributed by atoms with Gasteiger partial charge in [0.05, 0.1) is 28.9 Å². The molecule has 1 aliphatic rings. The third-order valence-corrected chi connectivity index (χ3v) is 6.38. The summed E-state index contributed by atoms with van der Waals surface area (Å²) in [6, 6.07) is 13.5. The van der Waals surface area contributed by atoms with Crippen LogP contribution in [0.3, 0.4) is 0 Å². The summed E-state index contributed by atoms with van der Waals surface area (Å²) in [5, 5.41) is 3.67. The normalized spacial score (nSPS) is 16.2. The highest BCUT2D eigenvalue weighted by molar-refractivity contribution is 7.22. The Labute approximate surface area is 185 Å². The van der Waals surface area contributed by atoms with Crippen LogP contribution in [-0.2, 0) is 14.3 Å². The molecule has 0 aliphatic carbocycles. The number of thiazole rings is 1. The number of esters is 1. The Morgan fingerprint density at radius 2 is 2.10 bits per heavy atom. The van der Waals surface area contributed by atoms with Gasteiger partial charge in [0.1, 0.15) is 5.75 Å². The van der Waals surface area contributed by atoms with Gasteiger partial charge in [-0.15, -0.1) is 0 Å². The quantitative estimate of drug-likeness (QED) is 0.585. The Bertz CT molecular complexity index is 1060. The fourth-order valence-electron chi connectivity index (χ4n) is 3.70. The van der Waals surface area contributed by atoms with Gasteiger partial charge in [-0.2, -0.15) is 0 Å². The van der Waals surface area contributed by atoms with Crippen LogP contribution < -0.4 is 15.0 Å². The van der Waals surface area contributed by atoms with Crippen LogP contribution in [0.4, 0.5) is 10.8 Å². The van der Waals surface area contributed by atoms with Crippen molar-refractivity contribution >= 4 is 44.2 Å². The van der Waals surface area contributed by atoms with Crippen molar-refractivity contribution in [1.82, 2.24) is 4.98 Å². The molecular formula is C23H25N3O4S. The number of rotatable bonds is 6. The number of hydrogen-bond acceptors (Lipinski definition) is 7. The van der Waals surface area contributed by atoms with Crippen LogP contribution in [0.5, 0.6) is 5.75 Å². The molecule has 162 valence electrons. The topological polar surface area (TPSA) is 80.8 Å². The van der Waals surface area contributed by atoms with Crippen LogP contribution in [0.2, 0.25) is 0 Å². The second-order valence-corrected chi connectivity index (χ2v) is 8.62. The highest BCUT2D eigenvalue weighted by atomic mass is 32.1. The van der Waals surface area contributed by atoms with E-state index in [4.69, 9.17) is 14.5 Å². The fraction of sp³-hybridized carbons (Fsp3) is 0.348. The summed E-state index contributed by atoms with van der Waals surface area (Å²) in [7, 11) is 1.54. The summed E-state index contributed by atoms with van der Waals surface area (Å²) in [5.74, 6) is -0.459. The molecule has 1 amide bonds. The fourth-order valence-corrected chi connectivity index (χ4v) is 4.70. The van der Waals surface area contributed by atoms with Crippen molar-refractivity contribution in [1.29, 1.82) is 0 Å². The molecule has 1 saturated heterocycles. The van der Waals surface area contributed by atoms with Gasteiger partial charge in [-0.3, -0.25) is 9.59 Å². The molecule has 1 aliphatic heterocycles. The number of ether oxygens (including phenoxy) is 2. The molecule has 1 fully saturated rings. The number of hydrogen-bond donors (Lipinski definition) is 1. The summed E-state index contributed by atoms with van der Waals surface area (Å²) in [6.07, 6.45) is 1.62. The molecule has 4 rings (SSSR count). The van der Waals surface area contributed by atoms with Crippen LogP contribution in [0, 0.1) is 12.8 Å². The third-order valence-electron chi connectivity index (χ3n) is 5.28. The number of aryl methyl sites for hydroxylation is 1. The average molecular weight is 440 g/mol. The molecule has 1 aromatic heterocycles. The third kappa shape index (κ3) is 4.96. The summed E-state index contributed by atoms with van der Waals surface area (Å²) in [6.45, 7) is 3.01. The lowest BCUT2D eigenvalue weighted by atomic mass is 9.99. The van der Waals surface area contributed by atoms with Crippen molar-refractivity contribution in [2.45, 2.75) is 19.8 Å². The van der Waals surface area contributed by atoms with Gasteiger partial charge in [0.2, 0.25) is 0 Å². The second-order valence-electron chi connectivity index (χ2n) is 7.61. The van der Waals surface area contributed by atoms with Crippen LogP contribution >= 0.6 is 11.3 Å². The number of methoxy groups -OCH3 is 1. The van der Waals surface area contributed by atoms with E-state index < -0.39 is 5.91 Å². The SMILES string of the molecule is COc1ccc(C)cc1NC(=O)COC(=O)C1CCCN(c2nc3ccccc3s2)C1. The number of carbonyl (C=O) groups is 2. The van der Waals surface area contributed by atoms with Crippen molar-refractivity contribution in [3.05, 3.63) is 48.0 Å². The summed E-state index contributed by atoms with van der Waals surface area (Å²) >= 11 is 1.63. The molecule has 0 spiro atoms. The van der Waals surface area contributed by atoms with Crippen LogP contribution in [0.1, 0.15) is 18.4 Å². The molecule has 8 heteroatoms. The van der Waals surface area contributed by atoms with Crippen molar-refractivity contribution in [3.63, 3.8) is 0 Å². The van der Waals surface area contributed by atoms with Crippen molar-refractivity contribution in [3.8, 4) is 5.75 Å². The number of piperidine rings is 1. The number of carbonyl (C=O) groups excluding carboxylic acids is 2. The predicted molar refractivity (Wildman–Crippen MR) is 122 cm³/mol. The maximum atomic E-state index is 12.6. The molecule has 31 heavy (non-hydrogen) atoms. The van der Waals surface area contributed by atoms with Gasteiger partial charge in [-0.05, 0) is 49.6 Å². The van der Waals surface area contributed by atoms with Crippen molar-refractivity contribution in [2.75, 3.05) is 37.0 Å². The largest absolute Gasteiger partial charge is 0.495 e. The second kappa shape index (κ2) is 9.34. The zero-order valence-electron chi connectivity index (χ0n) is 17.6. The lowest BCUT2D eigenvalue weighted by Crippen LogP contribution is -2.40. The van der Waals surface area contributed by atoms with Gasteiger partial charge in [-0.25, -0.2) is 4.98 Å². The molecule has 7 nitrogen and oxygen atoms in total. The molecule has 2 aromatic carbocycles. The molecule has 1 atom stereocenters. The van der Waals surface area contributed by atoms with E-state index >= 15 is 0 Å². The van der Waals surface area contributed by atoms with E-state index in [1.807, 2.05) is 43.3 Å². The Kier molecular flexibility index (Phi) is 6.36. The van der Waals surface area contributed by atoms with E-state index in [2.05, 4.69) is 10.2 Å². The first-order chi connectivity index (χ1) is 15.0. The predicted octanol–water partition coefficient (Wildman–Crippen LogP) is 4.01. The van der Waals surface area contributed by atoms with E-state index in [0.29, 0.717) is 18.0 Å². The number of fused-ring (bicyclic) bond motifs is 1. The lowest BCUT2D eigenvalue weighted by molar-refractivity contribution is -0.151. The highest BCUT2D eigenvalue weighted by Crippen LogP contribution is 2.31. The number of anilines is 2. The molecule has 3 aromatic rings. The number of nitrogens with one attached hydrogen (secondary N) is 1. The van der Waals surface area contributed by atoms with Crippen LogP contribution in [-0.4, -0.2) is 43.7 Å². The van der Waals surface area contributed by atoms with E-state index in [1.54, 1.807) is 24.5 Å². The van der Waals surface area contributed by atoms with E-state index in [-0.39, 0.29) is 18.5 Å². The summed E-state index contributed by atoms with van der Waals surface area (Å²) < 4.78 is 11.7. The maximum absolute atomic E-state index is 12.6. The Balaban J connectivity index is 1.33. The Morgan fingerprint density at radius 3 is 2.90 bits per heavy atom. The molecule has 1 N–H and O–H groups in total. The minimum absolute atomic E-state index is 0.276. The number of benzene rings is 2. The van der Waals surface area contributed by atoms with Crippen molar-refractivity contribution in [2.24, 2.45) is 5.92 Å². The highest BCUT2D eigenvalue weighted by Gasteiger charge is 2.29. The first kappa shape index (κ1) is 21.1. The minimum Gasteiger partial charge on any atom is -0.495 e. The molecule has 2 heterocycles. The van der Waals surface area contributed by atoms with Crippen LogP contribution in [0.25, 0.3) is 10.2 Å². The summed E-state index contributed by atoms with van der Waals surface area (Å²) in [5.41, 5.74) is 2.52. The number of para-hydroxylation sites is 1. The van der Waals surface area contributed by atoms with Gasteiger partial charge >= 0.3 is 5.97 Å². The number of amides is 1. The lowest BCUT2D eigenvalue weighted by Gasteiger charge is -2.31. The van der Waals surface area contributed by atoms with Gasteiger partial charge in [0.15, 0.2) is 11.7 Å². The van der Waals surface area contributed by atoms with E-state index in [9.17, 15) is 9.59 Å². The smallest absolute Gasteiger partial charge is 0.311 e. The van der Waals surface area contributed by atoms with E-state index in [1.165, 1.54) is 0 Å². The average Bonchev–Trinajstić information content (AvgIpc) is 3.22. The molecule has 0 saturated carbocycles. The monoisotopic (exact) mass is 439 g/mol. The standard InChI is InChI=1S/C23H25N3O4S/c1-15-9-10-19(29-2)18(12-15)24-21(27)14-30-22(28)16-6-5-11-26(13-16)23-25-17-7-3-4-8-20(17)31-23/h3-4,7-10,12,16H,5-6,11,13-14H2,1-2H3,(H,24,27). The number of nitrogens with zero attached hydrogens (tertiary/aromatic N) is 2. The molecular weight excluding hydrogens is 414 g/mol. The van der Waals surface area contributed by atoms with Crippen molar-refractivity contribution < 1.29 is 19.1 Å². The zero-order valence-corrected chi connectivity index (χ0v) is 18.4. The molecule has 0 radical (unpaired) electrons. The summed E-state index contributed by atoms with van der Waals surface area (Å²) in [4.78, 5) is 31.7. The zero-order chi connectivity index (χ0) is 21.8. The Hall–Kier alpha value is -3.13. The first-order valence-electron chi connectivity index (χ1n) is 10.2. The maximum Gasteiger partial charge on any atom is 0.311 e. The van der Waals surface area contributed by atoms with Crippen LogP contribution in [0.15, 0.2) is 42.5 Å². The van der Waals surface area contributed by atoms with Gasteiger partial charge in [-0.1, -0.05) is 29.5 Å². The molecule has 0 bridgehead atoms. The minimum atomic E-state index is -0.393. The Morgan fingerprint density at radius 1 is 1.26 bits per heavy atom. The van der Waals surface area contributed by atoms with E-state index in [0.717, 1.165) is 40.3 Å². The van der Waals surface area contributed by atoms with Gasteiger partial charge in [0.25, 0.3) is 5.91 Å². The van der Waals surface area contributed by atoms with Gasteiger partial charge < -0.3 is 19.7 Å². The first-order valence-corrected chi connectivity index (χ1v) is 11.1. The molecule has 1 unspecified atom stereocenters. The van der Waals surface area contributed by atoms with Gasteiger partial charge in [0, 0.05) is 13.1 Å². The number of aromatic nitrogens is 1.